The number of nitrogens with zero attached hydrogens (tertiary/aromatic N) is 2. The summed E-state index contributed by atoms with van der Waals surface area (Å²) in [5.74, 6) is -1.84. The van der Waals surface area contributed by atoms with Crippen LogP contribution in [0.4, 0.5) is 8.78 Å². The van der Waals surface area contributed by atoms with E-state index in [1.807, 2.05) is 6.07 Å². The van der Waals surface area contributed by atoms with Crippen LogP contribution in [-0.4, -0.2) is 6.21 Å². The minimum absolute atomic E-state index is 0.0991. The van der Waals surface area contributed by atoms with E-state index in [1.165, 1.54) is 18.3 Å². The molecule has 2 aromatic rings. The Hall–Kier alpha value is -2.74. The van der Waals surface area contributed by atoms with Gasteiger partial charge in [-0.1, -0.05) is 29.4 Å². The van der Waals surface area contributed by atoms with E-state index < -0.39 is 11.6 Å². The van der Waals surface area contributed by atoms with Crippen molar-refractivity contribution in [1.82, 2.24) is 0 Å². The zero-order valence-electron chi connectivity index (χ0n) is 10.4. The predicted octanol–water partition coefficient (Wildman–Crippen LogP) is 3.39. The number of hydrogen-bond acceptors (Lipinski definition) is 3. The van der Waals surface area contributed by atoms with Crippen LogP contribution in [0.2, 0.25) is 0 Å². The van der Waals surface area contributed by atoms with Crippen LogP contribution in [0.1, 0.15) is 16.7 Å². The van der Waals surface area contributed by atoms with Crippen LogP contribution < -0.4 is 0 Å². The maximum Gasteiger partial charge on any atom is 0.165 e. The van der Waals surface area contributed by atoms with Crippen molar-refractivity contribution in [2.75, 3.05) is 0 Å². The summed E-state index contributed by atoms with van der Waals surface area (Å²) in [6, 6.07) is 12.6. The SMILES string of the molecule is N#Cc1ccc(C=NOCc2cccc(F)c2F)cc1. The van der Waals surface area contributed by atoms with Gasteiger partial charge in [0, 0.05) is 5.56 Å². The first-order valence-corrected chi connectivity index (χ1v) is 5.79. The molecule has 0 aromatic heterocycles. The van der Waals surface area contributed by atoms with Crippen molar-refractivity contribution < 1.29 is 13.6 Å². The summed E-state index contributed by atoms with van der Waals surface area (Å²) < 4.78 is 26.2. The van der Waals surface area contributed by atoms with Gasteiger partial charge in [0.05, 0.1) is 17.8 Å². The van der Waals surface area contributed by atoms with E-state index in [9.17, 15) is 8.78 Å². The van der Waals surface area contributed by atoms with E-state index in [1.54, 1.807) is 24.3 Å². The molecule has 100 valence electrons. The van der Waals surface area contributed by atoms with Crippen LogP contribution in [0.25, 0.3) is 0 Å². The first kappa shape index (κ1) is 13.7. The van der Waals surface area contributed by atoms with Gasteiger partial charge in [-0.15, -0.1) is 0 Å². The lowest BCUT2D eigenvalue weighted by Gasteiger charge is -2.02. The second-order valence-corrected chi connectivity index (χ2v) is 3.95. The van der Waals surface area contributed by atoms with Gasteiger partial charge in [0.15, 0.2) is 11.6 Å². The van der Waals surface area contributed by atoms with Crippen molar-refractivity contribution in [2.45, 2.75) is 6.61 Å². The summed E-state index contributed by atoms with van der Waals surface area (Å²) in [6.07, 6.45) is 1.43. The quantitative estimate of drug-likeness (QED) is 0.632. The van der Waals surface area contributed by atoms with Crippen molar-refractivity contribution >= 4 is 6.21 Å². The molecule has 0 unspecified atom stereocenters. The Morgan fingerprint density at radius 2 is 1.90 bits per heavy atom. The molecule has 0 aliphatic carbocycles. The monoisotopic (exact) mass is 272 g/mol. The van der Waals surface area contributed by atoms with Crippen LogP contribution >= 0.6 is 0 Å². The van der Waals surface area contributed by atoms with Gasteiger partial charge in [-0.25, -0.2) is 8.78 Å². The molecule has 0 amide bonds. The molecule has 0 aliphatic heterocycles. The lowest BCUT2D eigenvalue weighted by Crippen LogP contribution is -1.95. The number of benzene rings is 2. The zero-order chi connectivity index (χ0) is 14.4. The van der Waals surface area contributed by atoms with Gasteiger partial charge >= 0.3 is 0 Å². The highest BCUT2D eigenvalue weighted by molar-refractivity contribution is 5.79. The topological polar surface area (TPSA) is 45.4 Å². The molecule has 0 atom stereocenters. The average Bonchev–Trinajstić information content (AvgIpc) is 2.48. The van der Waals surface area contributed by atoms with Crippen molar-refractivity contribution in [1.29, 1.82) is 5.26 Å². The third-order valence-corrected chi connectivity index (χ3v) is 2.57. The number of nitriles is 1. The fourth-order valence-corrected chi connectivity index (χ4v) is 1.51. The van der Waals surface area contributed by atoms with Crippen LogP contribution in [0.3, 0.4) is 0 Å². The normalized spacial score (nSPS) is 10.4. The molecule has 0 aliphatic rings. The Morgan fingerprint density at radius 3 is 2.60 bits per heavy atom. The summed E-state index contributed by atoms with van der Waals surface area (Å²) in [7, 11) is 0. The maximum absolute atomic E-state index is 13.3. The van der Waals surface area contributed by atoms with Gasteiger partial charge in [-0.2, -0.15) is 5.26 Å². The highest BCUT2D eigenvalue weighted by Gasteiger charge is 2.07. The maximum atomic E-state index is 13.3. The molecule has 0 spiro atoms. The third kappa shape index (κ3) is 3.39. The first-order chi connectivity index (χ1) is 9.70. The average molecular weight is 272 g/mol. The Labute approximate surface area is 114 Å². The lowest BCUT2D eigenvalue weighted by molar-refractivity contribution is 0.129. The van der Waals surface area contributed by atoms with Crippen molar-refractivity contribution in [3.8, 4) is 6.07 Å². The van der Waals surface area contributed by atoms with Gasteiger partial charge in [0.2, 0.25) is 0 Å². The standard InChI is InChI=1S/C15H10F2N2O/c16-14-3-1-2-13(15(14)17)10-20-19-9-12-6-4-11(8-18)5-7-12/h1-7,9H,10H2. The molecule has 0 saturated heterocycles. The molecule has 20 heavy (non-hydrogen) atoms. The van der Waals surface area contributed by atoms with Crippen LogP contribution in [0.15, 0.2) is 47.6 Å². The Balaban J connectivity index is 1.93. The highest BCUT2D eigenvalue weighted by Crippen LogP contribution is 2.12. The van der Waals surface area contributed by atoms with Gasteiger partial charge in [-0.05, 0) is 23.8 Å². The van der Waals surface area contributed by atoms with E-state index in [0.717, 1.165) is 11.6 Å². The molecular formula is C15H10F2N2O. The van der Waals surface area contributed by atoms with Gasteiger partial charge < -0.3 is 4.84 Å². The fraction of sp³-hybridized carbons (Fsp3) is 0.0667. The summed E-state index contributed by atoms with van der Waals surface area (Å²) >= 11 is 0. The minimum Gasteiger partial charge on any atom is -0.391 e. The van der Waals surface area contributed by atoms with E-state index in [0.29, 0.717) is 5.56 Å². The van der Waals surface area contributed by atoms with Crippen molar-refractivity contribution in [3.05, 3.63) is 70.8 Å². The zero-order valence-corrected chi connectivity index (χ0v) is 10.4. The molecule has 0 radical (unpaired) electrons. The van der Waals surface area contributed by atoms with E-state index in [2.05, 4.69) is 5.16 Å². The van der Waals surface area contributed by atoms with Crippen LogP contribution in [0.5, 0.6) is 0 Å². The Bertz CT molecular complexity index is 661. The fourth-order valence-electron chi connectivity index (χ4n) is 1.51. The summed E-state index contributed by atoms with van der Waals surface area (Å²) in [5.41, 5.74) is 1.38. The van der Waals surface area contributed by atoms with E-state index >= 15 is 0 Å². The van der Waals surface area contributed by atoms with Crippen LogP contribution in [0, 0.1) is 23.0 Å². The smallest absolute Gasteiger partial charge is 0.165 e. The first-order valence-electron chi connectivity index (χ1n) is 5.79. The molecule has 0 fully saturated rings. The molecule has 0 heterocycles. The largest absolute Gasteiger partial charge is 0.391 e. The Kier molecular flexibility index (Phi) is 4.40. The molecule has 3 nitrogen and oxygen atoms in total. The summed E-state index contributed by atoms with van der Waals surface area (Å²) in [6.45, 7) is -0.156. The number of hydrogen-bond donors (Lipinski definition) is 0. The minimum atomic E-state index is -0.930. The molecule has 0 saturated carbocycles. The van der Waals surface area contributed by atoms with E-state index in [4.69, 9.17) is 10.1 Å². The lowest BCUT2D eigenvalue weighted by atomic mass is 10.2. The van der Waals surface area contributed by atoms with Crippen LogP contribution in [-0.2, 0) is 11.4 Å². The molecule has 0 bridgehead atoms. The van der Waals surface area contributed by atoms with Gasteiger partial charge in [0.1, 0.15) is 6.61 Å². The number of rotatable bonds is 4. The summed E-state index contributed by atoms with van der Waals surface area (Å²) in [5, 5.41) is 12.3. The molecule has 0 N–H and O–H groups in total. The van der Waals surface area contributed by atoms with Crippen molar-refractivity contribution in [2.24, 2.45) is 5.16 Å². The second kappa shape index (κ2) is 6.43. The Morgan fingerprint density at radius 1 is 1.15 bits per heavy atom. The molecule has 2 aromatic carbocycles. The van der Waals surface area contributed by atoms with Gasteiger partial charge in [0.25, 0.3) is 0 Å². The molecule has 5 heteroatoms. The molecule has 2 rings (SSSR count). The van der Waals surface area contributed by atoms with Gasteiger partial charge in [-0.3, -0.25) is 0 Å². The third-order valence-electron chi connectivity index (χ3n) is 2.57. The highest BCUT2D eigenvalue weighted by atomic mass is 19.2. The second-order valence-electron chi connectivity index (χ2n) is 3.95. The summed E-state index contributed by atoms with van der Waals surface area (Å²) in [4.78, 5) is 4.91. The van der Waals surface area contributed by atoms with E-state index in [-0.39, 0.29) is 12.2 Å². The number of halogens is 2. The molecular weight excluding hydrogens is 262 g/mol. The predicted molar refractivity (Wildman–Crippen MR) is 69.9 cm³/mol. The number of oxime groups is 1. The van der Waals surface area contributed by atoms with Crippen molar-refractivity contribution in [3.63, 3.8) is 0 Å².